The van der Waals surface area contributed by atoms with Gasteiger partial charge in [-0.25, -0.2) is 0 Å². The lowest BCUT2D eigenvalue weighted by Crippen LogP contribution is -2.50. The van der Waals surface area contributed by atoms with Crippen molar-refractivity contribution in [3.8, 4) is 0 Å². The zero-order chi connectivity index (χ0) is 23.1. The van der Waals surface area contributed by atoms with Gasteiger partial charge in [0.1, 0.15) is 12.2 Å². The summed E-state index contributed by atoms with van der Waals surface area (Å²) in [4.78, 5) is 22.8. The van der Waals surface area contributed by atoms with Crippen molar-refractivity contribution in [3.63, 3.8) is 0 Å². The van der Waals surface area contributed by atoms with E-state index in [1.165, 1.54) is 0 Å². The third kappa shape index (κ3) is 7.48. The molecule has 2 fully saturated rings. The molecule has 2 amide bonds. The lowest BCUT2D eigenvalue weighted by atomic mass is 10.1. The fourth-order valence-corrected chi connectivity index (χ4v) is 3.67. The van der Waals surface area contributed by atoms with Crippen LogP contribution < -0.4 is 10.6 Å². The first kappa shape index (κ1) is 24.5. The summed E-state index contributed by atoms with van der Waals surface area (Å²) in [5.41, 5.74) is 2.29. The van der Waals surface area contributed by atoms with Gasteiger partial charge in [-0.3, -0.25) is 9.59 Å². The summed E-state index contributed by atoms with van der Waals surface area (Å²) < 4.78 is 10.7. The molecule has 2 saturated heterocycles. The third-order valence-corrected chi connectivity index (χ3v) is 5.82. The van der Waals surface area contributed by atoms with Crippen LogP contribution in [0.15, 0.2) is 48.5 Å². The number of amides is 2. The maximum atomic E-state index is 11.4. The van der Waals surface area contributed by atoms with E-state index in [2.05, 4.69) is 10.6 Å². The van der Waals surface area contributed by atoms with Crippen LogP contribution in [0.4, 0.5) is 0 Å². The van der Waals surface area contributed by atoms with Crippen molar-refractivity contribution >= 4 is 35.0 Å². The van der Waals surface area contributed by atoms with E-state index in [0.717, 1.165) is 34.0 Å². The molecule has 8 heteroatoms. The average Bonchev–Trinajstić information content (AvgIpc) is 2.77. The Hall–Kier alpha value is -2.12. The molecule has 0 radical (unpaired) electrons. The highest BCUT2D eigenvalue weighted by Crippen LogP contribution is 2.14. The maximum Gasteiger partial charge on any atom is 0.249 e. The van der Waals surface area contributed by atoms with Gasteiger partial charge < -0.3 is 20.1 Å². The van der Waals surface area contributed by atoms with Crippen LogP contribution in [0.1, 0.15) is 25.0 Å². The largest absolute Gasteiger partial charge is 0.367 e. The molecule has 2 N–H and O–H groups in total. The van der Waals surface area contributed by atoms with E-state index >= 15 is 0 Å². The number of hydrogen-bond donors (Lipinski definition) is 2. The Labute approximate surface area is 198 Å². The lowest BCUT2D eigenvalue weighted by Gasteiger charge is -2.27. The van der Waals surface area contributed by atoms with Crippen molar-refractivity contribution in [1.82, 2.24) is 10.6 Å². The molecule has 32 heavy (non-hydrogen) atoms. The van der Waals surface area contributed by atoms with Gasteiger partial charge in [0.05, 0.1) is 25.3 Å². The average molecular weight is 479 g/mol. The highest BCUT2D eigenvalue weighted by molar-refractivity contribution is 6.30. The fraction of sp³-hybridized carbons (Fsp3) is 0.417. The Morgan fingerprint density at radius 2 is 1.06 bits per heavy atom. The molecule has 4 rings (SSSR count). The van der Waals surface area contributed by atoms with Crippen molar-refractivity contribution in [2.75, 3.05) is 13.2 Å². The molecular formula is C24H28Cl2N2O4. The molecule has 0 aliphatic carbocycles. The quantitative estimate of drug-likeness (QED) is 0.703. The van der Waals surface area contributed by atoms with Gasteiger partial charge in [0.2, 0.25) is 11.8 Å². The Bertz CT molecular complexity index is 830. The number of halogens is 2. The number of rotatable bonds is 4. The highest BCUT2D eigenvalue weighted by Gasteiger charge is 2.25. The minimum absolute atomic E-state index is 0.0368. The molecule has 0 saturated carbocycles. The molecule has 2 aromatic carbocycles. The SMILES string of the molecule is CC1OCC(Cc2ccc(Cl)cc2)NC1=O.CC1OCC(Cc2ccc(Cl)cc2)NC1=O. The summed E-state index contributed by atoms with van der Waals surface area (Å²) in [7, 11) is 0. The van der Waals surface area contributed by atoms with Crippen LogP contribution >= 0.6 is 23.2 Å². The number of morpholine rings is 2. The Kier molecular flexibility index (Phi) is 8.93. The number of ether oxygens (including phenoxy) is 2. The third-order valence-electron chi connectivity index (χ3n) is 5.32. The number of nitrogens with one attached hydrogen (secondary N) is 2. The van der Waals surface area contributed by atoms with Gasteiger partial charge in [-0.2, -0.15) is 0 Å². The van der Waals surface area contributed by atoms with Crippen LogP contribution in [0.2, 0.25) is 10.0 Å². The summed E-state index contributed by atoms with van der Waals surface area (Å²) in [5, 5.41) is 7.31. The van der Waals surface area contributed by atoms with Crippen LogP contribution in [0, 0.1) is 0 Å². The van der Waals surface area contributed by atoms with Crippen molar-refractivity contribution in [2.24, 2.45) is 0 Å². The van der Waals surface area contributed by atoms with E-state index < -0.39 is 0 Å². The first-order chi connectivity index (χ1) is 15.3. The Morgan fingerprint density at radius 3 is 1.38 bits per heavy atom. The summed E-state index contributed by atoms with van der Waals surface area (Å²) in [6.45, 7) is 4.65. The second kappa shape index (κ2) is 11.7. The summed E-state index contributed by atoms with van der Waals surface area (Å²) in [6.07, 6.45) is 0.883. The Morgan fingerprint density at radius 1 is 0.719 bits per heavy atom. The maximum absolute atomic E-state index is 11.4. The first-order valence-corrected chi connectivity index (χ1v) is 11.4. The van der Waals surface area contributed by atoms with Crippen LogP contribution in [0.25, 0.3) is 0 Å². The zero-order valence-corrected chi connectivity index (χ0v) is 19.7. The molecule has 172 valence electrons. The minimum atomic E-state index is -0.332. The van der Waals surface area contributed by atoms with Gasteiger partial charge in [0.25, 0.3) is 0 Å². The highest BCUT2D eigenvalue weighted by atomic mass is 35.5. The molecule has 2 aromatic rings. The summed E-state index contributed by atoms with van der Waals surface area (Å²) in [6, 6.07) is 15.4. The van der Waals surface area contributed by atoms with Crippen molar-refractivity contribution in [3.05, 3.63) is 69.7 Å². The second-order valence-electron chi connectivity index (χ2n) is 8.02. The minimum Gasteiger partial charge on any atom is -0.367 e. The molecule has 0 aromatic heterocycles. The normalized spacial score (nSPS) is 25.2. The fourth-order valence-electron chi connectivity index (χ4n) is 3.42. The number of carbonyl (C=O) groups is 2. The van der Waals surface area contributed by atoms with Gasteiger partial charge >= 0.3 is 0 Å². The van der Waals surface area contributed by atoms with Gasteiger partial charge in [0, 0.05) is 10.0 Å². The van der Waals surface area contributed by atoms with E-state index in [-0.39, 0.29) is 36.1 Å². The van der Waals surface area contributed by atoms with Crippen molar-refractivity contribution in [2.45, 2.75) is 51.0 Å². The lowest BCUT2D eigenvalue weighted by molar-refractivity contribution is -0.139. The van der Waals surface area contributed by atoms with Crippen LogP contribution in [-0.4, -0.2) is 49.3 Å². The number of hydrogen-bond acceptors (Lipinski definition) is 4. The standard InChI is InChI=1S/2C12H14ClNO2/c2*1-8-12(15)14-11(7-16-8)6-9-2-4-10(13)5-3-9/h2*2-5,8,11H,6-7H2,1H3,(H,14,15). The second-order valence-corrected chi connectivity index (χ2v) is 8.90. The molecule has 2 heterocycles. The summed E-state index contributed by atoms with van der Waals surface area (Å²) in [5.74, 6) is -0.0737. The molecule has 0 spiro atoms. The van der Waals surface area contributed by atoms with E-state index in [0.29, 0.717) is 13.2 Å². The van der Waals surface area contributed by atoms with Crippen LogP contribution in [0.5, 0.6) is 0 Å². The molecule has 4 atom stereocenters. The van der Waals surface area contributed by atoms with Gasteiger partial charge in [0.15, 0.2) is 0 Å². The van der Waals surface area contributed by atoms with E-state index in [4.69, 9.17) is 32.7 Å². The van der Waals surface area contributed by atoms with Crippen molar-refractivity contribution < 1.29 is 19.1 Å². The topological polar surface area (TPSA) is 76.7 Å². The molecular weight excluding hydrogens is 451 g/mol. The zero-order valence-electron chi connectivity index (χ0n) is 18.1. The molecule has 2 aliphatic rings. The van der Waals surface area contributed by atoms with Crippen LogP contribution in [0.3, 0.4) is 0 Å². The molecule has 2 aliphatic heterocycles. The predicted molar refractivity (Wildman–Crippen MR) is 125 cm³/mol. The van der Waals surface area contributed by atoms with Gasteiger partial charge in [-0.1, -0.05) is 47.5 Å². The molecule has 0 bridgehead atoms. The first-order valence-electron chi connectivity index (χ1n) is 10.6. The molecule has 6 nitrogen and oxygen atoms in total. The van der Waals surface area contributed by atoms with E-state index in [1.807, 2.05) is 48.5 Å². The van der Waals surface area contributed by atoms with Gasteiger partial charge in [-0.05, 0) is 62.1 Å². The van der Waals surface area contributed by atoms with E-state index in [1.54, 1.807) is 13.8 Å². The number of carbonyl (C=O) groups excluding carboxylic acids is 2. The number of benzene rings is 2. The monoisotopic (exact) mass is 478 g/mol. The van der Waals surface area contributed by atoms with E-state index in [9.17, 15) is 9.59 Å². The van der Waals surface area contributed by atoms with Crippen LogP contribution in [-0.2, 0) is 31.9 Å². The molecule has 4 unspecified atom stereocenters. The predicted octanol–water partition coefficient (Wildman–Crippen LogP) is 3.57. The Balaban J connectivity index is 0.000000181. The summed E-state index contributed by atoms with van der Waals surface area (Å²) >= 11 is 11.6. The van der Waals surface area contributed by atoms with Gasteiger partial charge in [-0.15, -0.1) is 0 Å². The van der Waals surface area contributed by atoms with Crippen molar-refractivity contribution in [1.29, 1.82) is 0 Å². The smallest absolute Gasteiger partial charge is 0.249 e.